The molecular formula is C15H29ClN4O2. The van der Waals surface area contributed by atoms with Crippen LogP contribution in [0.25, 0.3) is 0 Å². The van der Waals surface area contributed by atoms with Crippen molar-refractivity contribution in [2.24, 2.45) is 18.7 Å². The number of amides is 1. The van der Waals surface area contributed by atoms with E-state index in [0.29, 0.717) is 18.2 Å². The van der Waals surface area contributed by atoms with Crippen molar-refractivity contribution in [3.63, 3.8) is 0 Å². The minimum Gasteiger partial charge on any atom is -0.480 e. The zero-order valence-corrected chi connectivity index (χ0v) is 15.2. The zero-order valence-electron chi connectivity index (χ0n) is 14.4. The van der Waals surface area contributed by atoms with Crippen LogP contribution in [0.4, 0.5) is 0 Å². The lowest BCUT2D eigenvalue weighted by molar-refractivity contribution is -0.132. The van der Waals surface area contributed by atoms with Crippen LogP contribution in [-0.4, -0.2) is 46.8 Å². The molecule has 7 heteroatoms. The average Bonchev–Trinajstić information content (AvgIpc) is 2.66. The second kappa shape index (κ2) is 9.00. The van der Waals surface area contributed by atoms with Gasteiger partial charge in [0.05, 0.1) is 5.69 Å². The summed E-state index contributed by atoms with van der Waals surface area (Å²) in [6.45, 7) is 8.64. The standard InChI is InChI=1S/C15H28N4O2.ClH/c1-10(2)13(16)7-8-18(5)14(20)9-21-15-11(3)17-19(6)12(15)4;/h10,13H,7-9,16H2,1-6H3;1H. The summed E-state index contributed by atoms with van der Waals surface area (Å²) in [5, 5.41) is 4.26. The first-order valence-corrected chi connectivity index (χ1v) is 7.36. The number of ether oxygens (including phenoxy) is 1. The minimum absolute atomic E-state index is 0. The number of rotatable bonds is 7. The Labute approximate surface area is 139 Å². The van der Waals surface area contributed by atoms with E-state index in [0.717, 1.165) is 17.8 Å². The maximum Gasteiger partial charge on any atom is 0.260 e. The number of nitrogens with zero attached hydrogens (tertiary/aromatic N) is 3. The molecule has 0 aliphatic heterocycles. The van der Waals surface area contributed by atoms with Crippen LogP contribution >= 0.6 is 12.4 Å². The molecule has 0 saturated heterocycles. The fourth-order valence-corrected chi connectivity index (χ4v) is 2.01. The molecule has 0 aliphatic carbocycles. The summed E-state index contributed by atoms with van der Waals surface area (Å²) in [5.41, 5.74) is 7.71. The summed E-state index contributed by atoms with van der Waals surface area (Å²) in [5.74, 6) is 1.07. The highest BCUT2D eigenvalue weighted by molar-refractivity contribution is 5.85. The lowest BCUT2D eigenvalue weighted by Gasteiger charge is -2.21. The predicted molar refractivity (Wildman–Crippen MR) is 90.5 cm³/mol. The molecule has 0 fully saturated rings. The predicted octanol–water partition coefficient (Wildman–Crippen LogP) is 1.67. The van der Waals surface area contributed by atoms with Gasteiger partial charge in [0.2, 0.25) is 0 Å². The van der Waals surface area contributed by atoms with E-state index < -0.39 is 0 Å². The number of aromatic nitrogens is 2. The van der Waals surface area contributed by atoms with Gasteiger partial charge in [0.1, 0.15) is 5.69 Å². The maximum atomic E-state index is 12.1. The molecule has 0 saturated carbocycles. The van der Waals surface area contributed by atoms with Crippen molar-refractivity contribution in [3.05, 3.63) is 11.4 Å². The normalized spacial score (nSPS) is 12.0. The number of hydrogen-bond acceptors (Lipinski definition) is 4. The summed E-state index contributed by atoms with van der Waals surface area (Å²) in [4.78, 5) is 13.7. The number of likely N-dealkylation sites (N-methyl/N-ethyl adjacent to an activating group) is 1. The van der Waals surface area contributed by atoms with Gasteiger partial charge in [-0.25, -0.2) is 0 Å². The van der Waals surface area contributed by atoms with Crippen molar-refractivity contribution in [2.75, 3.05) is 20.2 Å². The van der Waals surface area contributed by atoms with Gasteiger partial charge in [0.15, 0.2) is 12.4 Å². The molecule has 1 aromatic heterocycles. The van der Waals surface area contributed by atoms with Crippen LogP contribution in [-0.2, 0) is 11.8 Å². The topological polar surface area (TPSA) is 73.4 Å². The quantitative estimate of drug-likeness (QED) is 0.824. The third kappa shape index (κ3) is 5.50. The van der Waals surface area contributed by atoms with Gasteiger partial charge in [-0.15, -0.1) is 12.4 Å². The van der Waals surface area contributed by atoms with Gasteiger partial charge >= 0.3 is 0 Å². The molecule has 22 heavy (non-hydrogen) atoms. The summed E-state index contributed by atoms with van der Waals surface area (Å²) in [6, 6.07) is 0.115. The second-order valence-electron chi connectivity index (χ2n) is 5.92. The van der Waals surface area contributed by atoms with Gasteiger partial charge in [0.25, 0.3) is 5.91 Å². The molecule has 128 valence electrons. The molecule has 1 heterocycles. The van der Waals surface area contributed by atoms with Crippen LogP contribution in [0.1, 0.15) is 31.7 Å². The highest BCUT2D eigenvalue weighted by Gasteiger charge is 2.16. The van der Waals surface area contributed by atoms with Gasteiger partial charge in [-0.2, -0.15) is 5.10 Å². The van der Waals surface area contributed by atoms with Crippen LogP contribution in [0.15, 0.2) is 0 Å². The van der Waals surface area contributed by atoms with Gasteiger partial charge in [-0.1, -0.05) is 13.8 Å². The summed E-state index contributed by atoms with van der Waals surface area (Å²) in [7, 11) is 3.64. The molecule has 0 bridgehead atoms. The number of aryl methyl sites for hydroxylation is 2. The number of nitrogens with two attached hydrogens (primary N) is 1. The average molecular weight is 333 g/mol. The van der Waals surface area contributed by atoms with E-state index in [1.807, 2.05) is 20.9 Å². The number of carbonyl (C=O) groups excluding carboxylic acids is 1. The van der Waals surface area contributed by atoms with Crippen molar-refractivity contribution < 1.29 is 9.53 Å². The maximum absolute atomic E-state index is 12.1. The first-order valence-electron chi connectivity index (χ1n) is 7.36. The van der Waals surface area contributed by atoms with Crippen LogP contribution in [0, 0.1) is 19.8 Å². The fraction of sp³-hybridized carbons (Fsp3) is 0.733. The first-order chi connectivity index (χ1) is 9.73. The molecule has 2 N–H and O–H groups in total. The van der Waals surface area contributed by atoms with E-state index in [1.165, 1.54) is 0 Å². The Morgan fingerprint density at radius 1 is 1.41 bits per heavy atom. The van der Waals surface area contributed by atoms with Crippen molar-refractivity contribution in [1.82, 2.24) is 14.7 Å². The lowest BCUT2D eigenvalue weighted by Crippen LogP contribution is -2.36. The van der Waals surface area contributed by atoms with Crippen molar-refractivity contribution in [2.45, 2.75) is 40.2 Å². The number of halogens is 1. The Hall–Kier alpha value is -1.27. The van der Waals surface area contributed by atoms with Crippen LogP contribution in [0.5, 0.6) is 5.75 Å². The number of hydrogen-bond donors (Lipinski definition) is 1. The number of carbonyl (C=O) groups is 1. The van der Waals surface area contributed by atoms with Gasteiger partial charge in [0, 0.05) is 26.7 Å². The van der Waals surface area contributed by atoms with E-state index in [2.05, 4.69) is 18.9 Å². The van der Waals surface area contributed by atoms with Crippen LogP contribution < -0.4 is 10.5 Å². The van der Waals surface area contributed by atoms with Crippen LogP contribution in [0.3, 0.4) is 0 Å². The molecule has 6 nitrogen and oxygen atoms in total. The molecule has 0 aliphatic rings. The molecule has 1 atom stereocenters. The largest absolute Gasteiger partial charge is 0.480 e. The molecule has 0 spiro atoms. The molecule has 1 aromatic rings. The lowest BCUT2D eigenvalue weighted by atomic mass is 10.0. The third-order valence-corrected chi connectivity index (χ3v) is 3.86. The minimum atomic E-state index is -0.0476. The summed E-state index contributed by atoms with van der Waals surface area (Å²) in [6.07, 6.45) is 0.796. The first kappa shape index (κ1) is 20.7. The van der Waals surface area contributed by atoms with Gasteiger partial charge < -0.3 is 15.4 Å². The van der Waals surface area contributed by atoms with Crippen molar-refractivity contribution in [3.8, 4) is 5.75 Å². The Balaban J connectivity index is 0.00000441. The molecule has 0 aromatic carbocycles. The van der Waals surface area contributed by atoms with Crippen molar-refractivity contribution in [1.29, 1.82) is 0 Å². The molecule has 1 rings (SSSR count). The van der Waals surface area contributed by atoms with E-state index in [1.54, 1.807) is 16.6 Å². The Morgan fingerprint density at radius 2 is 2.00 bits per heavy atom. The Morgan fingerprint density at radius 3 is 2.45 bits per heavy atom. The molecule has 1 unspecified atom stereocenters. The van der Waals surface area contributed by atoms with E-state index in [-0.39, 0.29) is 31.0 Å². The Bertz CT molecular complexity index is 488. The molecular weight excluding hydrogens is 304 g/mol. The highest BCUT2D eigenvalue weighted by Crippen LogP contribution is 2.21. The third-order valence-electron chi connectivity index (χ3n) is 3.86. The van der Waals surface area contributed by atoms with E-state index in [4.69, 9.17) is 10.5 Å². The highest BCUT2D eigenvalue weighted by atomic mass is 35.5. The smallest absolute Gasteiger partial charge is 0.260 e. The van der Waals surface area contributed by atoms with E-state index >= 15 is 0 Å². The second-order valence-corrected chi connectivity index (χ2v) is 5.92. The molecule has 0 radical (unpaired) electrons. The van der Waals surface area contributed by atoms with Gasteiger partial charge in [-0.05, 0) is 26.2 Å². The summed E-state index contributed by atoms with van der Waals surface area (Å²) < 4.78 is 7.37. The van der Waals surface area contributed by atoms with E-state index in [9.17, 15) is 4.79 Å². The molecule has 1 amide bonds. The monoisotopic (exact) mass is 332 g/mol. The summed E-state index contributed by atoms with van der Waals surface area (Å²) >= 11 is 0. The van der Waals surface area contributed by atoms with Gasteiger partial charge in [-0.3, -0.25) is 9.48 Å². The Kier molecular flexibility index (Phi) is 8.48. The van der Waals surface area contributed by atoms with Crippen molar-refractivity contribution >= 4 is 18.3 Å². The fourth-order valence-electron chi connectivity index (χ4n) is 2.01. The zero-order chi connectivity index (χ0) is 16.2. The SMILES string of the molecule is Cc1nn(C)c(C)c1OCC(=O)N(C)CCC(N)C(C)C.Cl. The van der Waals surface area contributed by atoms with Crippen LogP contribution in [0.2, 0.25) is 0 Å².